The Balaban J connectivity index is 1.90. The lowest BCUT2D eigenvalue weighted by atomic mass is 9.97. The van der Waals surface area contributed by atoms with Crippen LogP contribution < -0.4 is 5.32 Å². The molecule has 0 aromatic carbocycles. The smallest absolute Gasteiger partial charge is 0.0700 e. The van der Waals surface area contributed by atoms with E-state index < -0.39 is 0 Å². The van der Waals surface area contributed by atoms with Crippen LogP contribution >= 0.6 is 0 Å². The number of rotatable bonds is 8. The molecule has 3 heteroatoms. The van der Waals surface area contributed by atoms with Crippen molar-refractivity contribution in [2.45, 2.75) is 57.4 Å². The van der Waals surface area contributed by atoms with Crippen molar-refractivity contribution in [3.8, 4) is 0 Å². The van der Waals surface area contributed by atoms with Gasteiger partial charge in [-0.3, -0.25) is 0 Å². The summed E-state index contributed by atoms with van der Waals surface area (Å²) in [4.78, 5) is 0. The van der Waals surface area contributed by atoms with Crippen molar-refractivity contribution in [3.63, 3.8) is 0 Å². The molecule has 1 aliphatic rings. The second kappa shape index (κ2) is 11.0. The van der Waals surface area contributed by atoms with Gasteiger partial charge in [-0.2, -0.15) is 0 Å². The lowest BCUT2D eigenvalue weighted by molar-refractivity contribution is 0.0691. The van der Waals surface area contributed by atoms with E-state index in [0.717, 1.165) is 32.2 Å². The minimum atomic E-state index is 0.704. The Kier molecular flexibility index (Phi) is 9.66. The molecule has 0 aromatic rings. The molecule has 0 atom stereocenters. The zero-order valence-corrected chi connectivity index (χ0v) is 11.4. The normalized spacial score (nSPS) is 18.9. The number of methoxy groups -OCH3 is 1. The van der Waals surface area contributed by atoms with Gasteiger partial charge in [0, 0.05) is 19.8 Å². The number of nitrogens with one attached hydrogen (secondary N) is 1. The van der Waals surface area contributed by atoms with Crippen LogP contribution in [0.4, 0.5) is 0 Å². The molecule has 1 N–H and O–H groups in total. The predicted octanol–water partition coefficient (Wildman–Crippen LogP) is 2.74. The van der Waals surface area contributed by atoms with Crippen molar-refractivity contribution in [2.24, 2.45) is 0 Å². The Hall–Kier alpha value is -0.120. The van der Waals surface area contributed by atoms with Gasteiger partial charge in [-0.05, 0) is 25.8 Å². The molecule has 3 nitrogen and oxygen atoms in total. The predicted molar refractivity (Wildman–Crippen MR) is 71.4 cm³/mol. The first-order chi connectivity index (χ1) is 8.43. The monoisotopic (exact) mass is 243 g/mol. The van der Waals surface area contributed by atoms with Crippen LogP contribution in [0.1, 0.15) is 51.4 Å². The Labute approximate surface area is 106 Å². The van der Waals surface area contributed by atoms with Gasteiger partial charge in [-0.1, -0.05) is 32.1 Å². The summed E-state index contributed by atoms with van der Waals surface area (Å²) >= 11 is 0. The van der Waals surface area contributed by atoms with Gasteiger partial charge in [0.2, 0.25) is 0 Å². The van der Waals surface area contributed by atoms with Crippen molar-refractivity contribution in [2.75, 3.05) is 33.5 Å². The van der Waals surface area contributed by atoms with E-state index in [1.165, 1.54) is 44.9 Å². The molecule has 0 saturated heterocycles. The van der Waals surface area contributed by atoms with E-state index in [4.69, 9.17) is 9.47 Å². The van der Waals surface area contributed by atoms with E-state index in [1.54, 1.807) is 7.11 Å². The molecule has 1 rings (SSSR count). The second-order valence-electron chi connectivity index (χ2n) is 4.95. The second-order valence-corrected chi connectivity index (χ2v) is 4.95. The highest BCUT2D eigenvalue weighted by atomic mass is 16.5. The van der Waals surface area contributed by atoms with Crippen LogP contribution in [0.2, 0.25) is 0 Å². The van der Waals surface area contributed by atoms with Crippen LogP contribution in [-0.2, 0) is 9.47 Å². The highest BCUT2D eigenvalue weighted by Gasteiger charge is 2.09. The van der Waals surface area contributed by atoms with Gasteiger partial charge in [-0.15, -0.1) is 0 Å². The lowest BCUT2D eigenvalue weighted by Crippen LogP contribution is -2.31. The average Bonchev–Trinajstić information content (AvgIpc) is 2.30. The topological polar surface area (TPSA) is 30.5 Å². The fourth-order valence-electron chi connectivity index (χ4n) is 2.39. The summed E-state index contributed by atoms with van der Waals surface area (Å²) in [6.45, 7) is 3.37. The summed E-state index contributed by atoms with van der Waals surface area (Å²) in [6, 6.07) is 0.759. The van der Waals surface area contributed by atoms with Crippen molar-refractivity contribution >= 4 is 0 Å². The minimum absolute atomic E-state index is 0.704. The summed E-state index contributed by atoms with van der Waals surface area (Å²) in [7, 11) is 1.71. The maximum Gasteiger partial charge on any atom is 0.0700 e. The first-order valence-corrected chi connectivity index (χ1v) is 7.23. The van der Waals surface area contributed by atoms with E-state index in [2.05, 4.69) is 5.32 Å². The number of hydrogen-bond donors (Lipinski definition) is 1. The maximum absolute atomic E-state index is 5.44. The number of ether oxygens (including phenoxy) is 2. The van der Waals surface area contributed by atoms with Crippen LogP contribution in [-0.4, -0.2) is 39.5 Å². The fraction of sp³-hybridized carbons (Fsp3) is 1.00. The van der Waals surface area contributed by atoms with Crippen LogP contribution in [0.15, 0.2) is 0 Å². The van der Waals surface area contributed by atoms with Gasteiger partial charge in [0.05, 0.1) is 13.2 Å². The number of hydrogen-bond acceptors (Lipinski definition) is 3. The zero-order valence-electron chi connectivity index (χ0n) is 11.4. The molecular weight excluding hydrogens is 214 g/mol. The average molecular weight is 243 g/mol. The summed E-state index contributed by atoms with van der Waals surface area (Å²) in [5.74, 6) is 0. The third-order valence-electron chi connectivity index (χ3n) is 3.44. The first-order valence-electron chi connectivity index (χ1n) is 7.23. The molecular formula is C14H29NO2. The Morgan fingerprint density at radius 2 is 1.65 bits per heavy atom. The van der Waals surface area contributed by atoms with Crippen molar-refractivity contribution < 1.29 is 9.47 Å². The van der Waals surface area contributed by atoms with Gasteiger partial charge in [0.1, 0.15) is 0 Å². The molecule has 0 radical (unpaired) electrons. The Morgan fingerprint density at radius 3 is 2.35 bits per heavy atom. The van der Waals surface area contributed by atoms with Gasteiger partial charge in [0.15, 0.2) is 0 Å². The van der Waals surface area contributed by atoms with Crippen molar-refractivity contribution in [1.82, 2.24) is 5.32 Å². The Bertz CT molecular complexity index is 156. The van der Waals surface area contributed by atoms with E-state index in [1.807, 2.05) is 0 Å². The Morgan fingerprint density at radius 1 is 0.941 bits per heavy atom. The zero-order chi connectivity index (χ0) is 12.2. The molecule has 0 aromatic heterocycles. The van der Waals surface area contributed by atoms with Crippen molar-refractivity contribution in [3.05, 3.63) is 0 Å². The minimum Gasteiger partial charge on any atom is -0.382 e. The van der Waals surface area contributed by atoms with E-state index >= 15 is 0 Å². The molecule has 17 heavy (non-hydrogen) atoms. The molecule has 1 aliphatic carbocycles. The van der Waals surface area contributed by atoms with Crippen LogP contribution in [0.25, 0.3) is 0 Å². The molecule has 0 bridgehead atoms. The molecule has 102 valence electrons. The third kappa shape index (κ3) is 8.58. The van der Waals surface area contributed by atoms with E-state index in [-0.39, 0.29) is 0 Å². The molecule has 0 heterocycles. The molecule has 1 fully saturated rings. The van der Waals surface area contributed by atoms with Crippen molar-refractivity contribution in [1.29, 1.82) is 0 Å². The highest BCUT2D eigenvalue weighted by Crippen LogP contribution is 2.16. The summed E-state index contributed by atoms with van der Waals surface area (Å²) < 4.78 is 10.4. The fourth-order valence-corrected chi connectivity index (χ4v) is 2.39. The summed E-state index contributed by atoms with van der Waals surface area (Å²) in [5.41, 5.74) is 0. The standard InChI is InChI=1S/C14H29NO2/c1-16-12-13-17-11-7-10-15-14-8-5-3-2-4-6-9-14/h14-15H,2-13H2,1H3. The highest BCUT2D eigenvalue weighted by molar-refractivity contribution is 4.69. The van der Waals surface area contributed by atoms with Crippen LogP contribution in [0.5, 0.6) is 0 Å². The van der Waals surface area contributed by atoms with Gasteiger partial charge < -0.3 is 14.8 Å². The van der Waals surface area contributed by atoms with Gasteiger partial charge in [-0.25, -0.2) is 0 Å². The SMILES string of the molecule is COCCOCCCNC1CCCCCCC1. The molecule has 0 spiro atoms. The molecule has 0 aliphatic heterocycles. The lowest BCUT2D eigenvalue weighted by Gasteiger charge is -2.21. The summed E-state index contributed by atoms with van der Waals surface area (Å²) in [6.07, 6.45) is 11.0. The van der Waals surface area contributed by atoms with Crippen LogP contribution in [0.3, 0.4) is 0 Å². The van der Waals surface area contributed by atoms with E-state index in [0.29, 0.717) is 6.61 Å². The quantitative estimate of drug-likeness (QED) is 0.665. The molecule has 1 saturated carbocycles. The maximum atomic E-state index is 5.44. The first kappa shape index (κ1) is 14.9. The molecule has 0 amide bonds. The van der Waals surface area contributed by atoms with Gasteiger partial charge in [0.25, 0.3) is 0 Å². The molecule has 0 unspecified atom stereocenters. The third-order valence-corrected chi connectivity index (χ3v) is 3.44. The van der Waals surface area contributed by atoms with Crippen LogP contribution in [0, 0.1) is 0 Å². The van der Waals surface area contributed by atoms with E-state index in [9.17, 15) is 0 Å². The summed E-state index contributed by atoms with van der Waals surface area (Å²) in [5, 5.41) is 3.67. The largest absolute Gasteiger partial charge is 0.382 e. The van der Waals surface area contributed by atoms with Gasteiger partial charge >= 0.3 is 0 Å².